The van der Waals surface area contributed by atoms with Crippen LogP contribution in [0.5, 0.6) is 0 Å². The average Bonchev–Trinajstić information content (AvgIpc) is 3.35. The minimum Gasteiger partial charge on any atom is -0.381 e. The van der Waals surface area contributed by atoms with Gasteiger partial charge in [0.25, 0.3) is 0 Å². The van der Waals surface area contributed by atoms with Gasteiger partial charge in [0.1, 0.15) is 0 Å². The summed E-state index contributed by atoms with van der Waals surface area (Å²) in [5.74, 6) is 0.241. The van der Waals surface area contributed by atoms with Crippen molar-refractivity contribution in [1.29, 1.82) is 0 Å². The minimum absolute atomic E-state index is 0.181. The van der Waals surface area contributed by atoms with Gasteiger partial charge in [-0.25, -0.2) is 0 Å². The molecule has 6 nitrogen and oxygen atoms in total. The molecule has 1 aromatic rings. The van der Waals surface area contributed by atoms with Gasteiger partial charge in [-0.3, -0.25) is 4.79 Å². The van der Waals surface area contributed by atoms with E-state index in [1.165, 1.54) is 0 Å². The van der Waals surface area contributed by atoms with E-state index in [2.05, 4.69) is 17.0 Å². The molecule has 6 heteroatoms. The van der Waals surface area contributed by atoms with Crippen molar-refractivity contribution in [3.05, 3.63) is 30.3 Å². The Balaban J connectivity index is 1.37. The molecule has 1 aromatic carbocycles. The number of carbonyl (C=O) groups excluding carboxylic acids is 1. The standard InChI is InChI=1S/C20H28N2O4/c23-19(21-9-7-20(8-10-21)25-12-13-26-20)15-22(14-17-6-11-24-16-17)18-4-2-1-3-5-18/h1-5,17H,6-16H2. The summed E-state index contributed by atoms with van der Waals surface area (Å²) in [6.07, 6.45) is 2.60. The molecule has 0 radical (unpaired) electrons. The van der Waals surface area contributed by atoms with E-state index in [0.29, 0.717) is 38.8 Å². The van der Waals surface area contributed by atoms with Crippen LogP contribution in [0.4, 0.5) is 5.69 Å². The van der Waals surface area contributed by atoms with E-state index < -0.39 is 5.79 Å². The first-order chi connectivity index (χ1) is 12.7. The highest BCUT2D eigenvalue weighted by Crippen LogP contribution is 2.31. The smallest absolute Gasteiger partial charge is 0.242 e. The molecule has 1 spiro atoms. The molecular formula is C20H28N2O4. The maximum Gasteiger partial charge on any atom is 0.242 e. The van der Waals surface area contributed by atoms with Crippen LogP contribution in [0.15, 0.2) is 30.3 Å². The predicted molar refractivity (Wildman–Crippen MR) is 98.0 cm³/mol. The number of para-hydroxylation sites is 1. The lowest BCUT2D eigenvalue weighted by Gasteiger charge is -2.38. The molecular weight excluding hydrogens is 332 g/mol. The molecule has 0 aliphatic carbocycles. The summed E-state index contributed by atoms with van der Waals surface area (Å²) in [5, 5.41) is 0. The first kappa shape index (κ1) is 17.8. The Hall–Kier alpha value is -1.63. The molecule has 0 N–H and O–H groups in total. The fraction of sp³-hybridized carbons (Fsp3) is 0.650. The van der Waals surface area contributed by atoms with Crippen molar-refractivity contribution in [2.24, 2.45) is 5.92 Å². The Bertz CT molecular complexity index is 587. The van der Waals surface area contributed by atoms with Crippen LogP contribution in [0.25, 0.3) is 0 Å². The number of anilines is 1. The number of benzene rings is 1. The van der Waals surface area contributed by atoms with Crippen LogP contribution in [-0.2, 0) is 19.0 Å². The summed E-state index contributed by atoms with van der Waals surface area (Å²) < 4.78 is 17.0. The fourth-order valence-electron chi connectivity index (χ4n) is 4.08. The second kappa shape index (κ2) is 7.94. The molecule has 3 aliphatic rings. The highest BCUT2D eigenvalue weighted by molar-refractivity contribution is 5.81. The van der Waals surface area contributed by atoms with E-state index in [9.17, 15) is 4.79 Å². The van der Waals surface area contributed by atoms with Gasteiger partial charge in [0.15, 0.2) is 5.79 Å². The first-order valence-corrected chi connectivity index (χ1v) is 9.68. The zero-order chi connectivity index (χ0) is 17.8. The Labute approximate surface area is 155 Å². The molecule has 0 bridgehead atoms. The van der Waals surface area contributed by atoms with Crippen LogP contribution in [0, 0.1) is 5.92 Å². The van der Waals surface area contributed by atoms with Gasteiger partial charge in [-0.2, -0.15) is 0 Å². The van der Waals surface area contributed by atoms with Gasteiger partial charge >= 0.3 is 0 Å². The molecule has 1 unspecified atom stereocenters. The summed E-state index contributed by atoms with van der Waals surface area (Å²) in [5.41, 5.74) is 1.10. The van der Waals surface area contributed by atoms with Crippen molar-refractivity contribution in [2.45, 2.75) is 25.0 Å². The summed E-state index contributed by atoms with van der Waals surface area (Å²) >= 11 is 0. The van der Waals surface area contributed by atoms with Crippen LogP contribution in [0.2, 0.25) is 0 Å². The molecule has 3 heterocycles. The van der Waals surface area contributed by atoms with E-state index in [1.54, 1.807) is 0 Å². The molecule has 0 saturated carbocycles. The summed E-state index contributed by atoms with van der Waals surface area (Å²) in [6, 6.07) is 10.2. The summed E-state index contributed by atoms with van der Waals surface area (Å²) in [7, 11) is 0. The average molecular weight is 360 g/mol. The topological polar surface area (TPSA) is 51.2 Å². The monoisotopic (exact) mass is 360 g/mol. The second-order valence-corrected chi connectivity index (χ2v) is 7.43. The number of ether oxygens (including phenoxy) is 3. The van der Waals surface area contributed by atoms with Crippen LogP contribution in [-0.4, -0.2) is 69.2 Å². The van der Waals surface area contributed by atoms with E-state index >= 15 is 0 Å². The zero-order valence-corrected chi connectivity index (χ0v) is 15.3. The third kappa shape index (κ3) is 4.03. The molecule has 26 heavy (non-hydrogen) atoms. The van der Waals surface area contributed by atoms with E-state index in [0.717, 1.165) is 44.7 Å². The minimum atomic E-state index is -0.433. The van der Waals surface area contributed by atoms with Crippen molar-refractivity contribution in [2.75, 3.05) is 57.5 Å². The Kier molecular flexibility index (Phi) is 5.43. The van der Waals surface area contributed by atoms with Gasteiger partial charge in [-0.05, 0) is 18.6 Å². The second-order valence-electron chi connectivity index (χ2n) is 7.43. The first-order valence-electron chi connectivity index (χ1n) is 9.68. The van der Waals surface area contributed by atoms with Gasteiger partial charge in [0.2, 0.25) is 5.91 Å². The number of likely N-dealkylation sites (tertiary alicyclic amines) is 1. The lowest BCUT2D eigenvalue weighted by Crippen LogP contribution is -2.50. The van der Waals surface area contributed by atoms with Crippen LogP contribution in [0.1, 0.15) is 19.3 Å². The highest BCUT2D eigenvalue weighted by Gasteiger charge is 2.40. The molecule has 1 amide bonds. The Morgan fingerprint density at radius 2 is 1.85 bits per heavy atom. The van der Waals surface area contributed by atoms with Crippen molar-refractivity contribution in [3.8, 4) is 0 Å². The van der Waals surface area contributed by atoms with Crippen LogP contribution in [0.3, 0.4) is 0 Å². The zero-order valence-electron chi connectivity index (χ0n) is 15.3. The predicted octanol–water partition coefficient (Wildman–Crippen LogP) is 1.89. The molecule has 1 atom stereocenters. The number of carbonyl (C=O) groups is 1. The molecule has 3 fully saturated rings. The number of amides is 1. The number of hydrogen-bond acceptors (Lipinski definition) is 5. The SMILES string of the molecule is O=C(CN(CC1CCOC1)c1ccccc1)N1CCC2(CC1)OCCO2. The largest absolute Gasteiger partial charge is 0.381 e. The number of piperidine rings is 1. The lowest BCUT2D eigenvalue weighted by atomic mass is 10.0. The normalized spacial score (nSPS) is 24.9. The van der Waals surface area contributed by atoms with E-state index in [-0.39, 0.29) is 5.91 Å². The molecule has 3 saturated heterocycles. The fourth-order valence-corrected chi connectivity index (χ4v) is 4.08. The van der Waals surface area contributed by atoms with Gasteiger partial charge in [0.05, 0.1) is 26.4 Å². The number of rotatable bonds is 5. The van der Waals surface area contributed by atoms with Crippen LogP contribution < -0.4 is 4.90 Å². The highest BCUT2D eigenvalue weighted by atomic mass is 16.7. The van der Waals surface area contributed by atoms with Gasteiger partial charge in [-0.15, -0.1) is 0 Å². The van der Waals surface area contributed by atoms with Gasteiger partial charge < -0.3 is 24.0 Å². The van der Waals surface area contributed by atoms with Crippen LogP contribution >= 0.6 is 0 Å². The third-order valence-corrected chi connectivity index (χ3v) is 5.64. The van der Waals surface area contributed by atoms with Gasteiger partial charge in [0, 0.05) is 50.7 Å². The van der Waals surface area contributed by atoms with Crippen molar-refractivity contribution in [3.63, 3.8) is 0 Å². The van der Waals surface area contributed by atoms with Crippen molar-refractivity contribution < 1.29 is 19.0 Å². The maximum atomic E-state index is 12.9. The quantitative estimate of drug-likeness (QED) is 0.803. The van der Waals surface area contributed by atoms with E-state index in [1.807, 2.05) is 23.1 Å². The molecule has 3 aliphatic heterocycles. The Morgan fingerprint density at radius 3 is 2.50 bits per heavy atom. The van der Waals surface area contributed by atoms with Crippen molar-refractivity contribution >= 4 is 11.6 Å². The molecule has 142 valence electrons. The van der Waals surface area contributed by atoms with Crippen molar-refractivity contribution in [1.82, 2.24) is 4.90 Å². The number of hydrogen-bond donors (Lipinski definition) is 0. The number of nitrogens with zero attached hydrogens (tertiary/aromatic N) is 2. The molecule has 0 aromatic heterocycles. The summed E-state index contributed by atoms with van der Waals surface area (Å²) in [4.78, 5) is 17.1. The lowest BCUT2D eigenvalue weighted by molar-refractivity contribution is -0.187. The summed E-state index contributed by atoms with van der Waals surface area (Å²) in [6.45, 7) is 5.63. The molecule has 4 rings (SSSR count). The third-order valence-electron chi connectivity index (χ3n) is 5.64. The van der Waals surface area contributed by atoms with E-state index in [4.69, 9.17) is 14.2 Å². The Morgan fingerprint density at radius 1 is 1.12 bits per heavy atom. The van der Waals surface area contributed by atoms with Gasteiger partial charge in [-0.1, -0.05) is 18.2 Å². The maximum absolute atomic E-state index is 12.9.